The van der Waals surface area contributed by atoms with Crippen LogP contribution in [0, 0.1) is 0 Å². The first kappa shape index (κ1) is 9.39. The predicted octanol–water partition coefficient (Wildman–Crippen LogP) is 3.46. The van der Waals surface area contributed by atoms with Gasteiger partial charge >= 0.3 is 0 Å². The second kappa shape index (κ2) is 8.02. The van der Waals surface area contributed by atoms with E-state index < -0.39 is 32.5 Å². The Kier molecular flexibility index (Phi) is 3.58. The van der Waals surface area contributed by atoms with Gasteiger partial charge in [-0.2, -0.15) is 0 Å². The Labute approximate surface area is 146 Å². The standard InChI is InChI=1S/C17H27NO2.ClH/c1-18(2)13-16(17(19)11-5-4-6-12-17)14-7-9-15(20-3)10-8-14;/h7-10,16,19H,4-6,11-13H2,1-3H3;1H/t16-;/m1./s1/i1D2,2D3,3D3;. The number of rotatable bonds is 5. The third kappa shape index (κ3) is 4.60. The summed E-state index contributed by atoms with van der Waals surface area (Å²) in [7, 11) is -2.58. The topological polar surface area (TPSA) is 32.7 Å². The molecule has 0 unspecified atom stereocenters. The van der Waals surface area contributed by atoms with E-state index in [1.165, 1.54) is 12.1 Å². The summed E-state index contributed by atoms with van der Waals surface area (Å²) in [5, 5.41) is 11.3. The molecule has 0 aromatic heterocycles. The zero-order valence-electron chi connectivity index (χ0n) is 19.9. The number of likely N-dealkylation sites (N-methyl/N-ethyl adjacent to an activating group) is 1. The van der Waals surface area contributed by atoms with Crippen LogP contribution in [0.2, 0.25) is 0 Å². The third-order valence-corrected chi connectivity index (χ3v) is 4.15. The van der Waals surface area contributed by atoms with Crippen LogP contribution in [0.25, 0.3) is 0 Å². The van der Waals surface area contributed by atoms with Crippen molar-refractivity contribution in [3.8, 4) is 5.75 Å². The van der Waals surface area contributed by atoms with Gasteiger partial charge < -0.3 is 14.7 Å². The minimum atomic E-state index is -2.64. The van der Waals surface area contributed by atoms with Crippen LogP contribution in [-0.2, 0) is 0 Å². The Hall–Kier alpha value is -0.770. The molecule has 21 heavy (non-hydrogen) atoms. The normalized spacial score (nSPS) is 25.9. The van der Waals surface area contributed by atoms with Gasteiger partial charge in [0, 0.05) is 19.3 Å². The fourth-order valence-electron chi connectivity index (χ4n) is 3.06. The minimum absolute atomic E-state index is 0. The average molecular weight is 322 g/mol. The average Bonchev–Trinajstić information content (AvgIpc) is 2.54. The number of benzene rings is 1. The molecular weight excluding hydrogens is 286 g/mol. The highest BCUT2D eigenvalue weighted by Gasteiger charge is 2.38. The number of halogens is 1. The maximum atomic E-state index is 11.3. The SMILES string of the molecule is Cl.[2H]C([2H])N(C[C@H](c1ccc(OC([2H])([2H])[2H])cc1)C1(O)CCCCC1)C([2H])([2H])[2H]. The molecule has 1 fully saturated rings. The number of ether oxygens (including phenoxy) is 1. The van der Waals surface area contributed by atoms with E-state index in [4.69, 9.17) is 15.7 Å². The van der Waals surface area contributed by atoms with E-state index >= 15 is 0 Å². The maximum Gasteiger partial charge on any atom is 0.118 e. The van der Waals surface area contributed by atoms with Crippen LogP contribution in [0.15, 0.2) is 24.3 Å². The molecule has 2 rings (SSSR count). The molecule has 3 nitrogen and oxygen atoms in total. The van der Waals surface area contributed by atoms with Gasteiger partial charge in [-0.15, -0.1) is 12.4 Å². The molecule has 1 aliphatic carbocycles. The molecule has 1 N–H and O–H groups in total. The van der Waals surface area contributed by atoms with E-state index in [-0.39, 0.29) is 24.7 Å². The fourth-order valence-corrected chi connectivity index (χ4v) is 3.06. The van der Waals surface area contributed by atoms with Gasteiger partial charge in [0.05, 0.1) is 16.8 Å². The summed E-state index contributed by atoms with van der Waals surface area (Å²) in [4.78, 5) is 0.775. The van der Waals surface area contributed by atoms with Crippen molar-refractivity contribution in [3.05, 3.63) is 29.8 Å². The molecule has 120 valence electrons. The van der Waals surface area contributed by atoms with Crippen LogP contribution < -0.4 is 4.74 Å². The van der Waals surface area contributed by atoms with E-state index in [1.807, 2.05) is 0 Å². The Morgan fingerprint density at radius 1 is 1.29 bits per heavy atom. The fraction of sp³-hybridized carbons (Fsp3) is 0.647. The number of hydrogen-bond donors (Lipinski definition) is 1. The Bertz CT molecular complexity index is 630. The highest BCUT2D eigenvalue weighted by Crippen LogP contribution is 2.40. The number of methoxy groups -OCH3 is 1. The highest BCUT2D eigenvalue weighted by atomic mass is 35.5. The van der Waals surface area contributed by atoms with Crippen molar-refractivity contribution in [1.82, 2.24) is 4.90 Å². The first-order valence-electron chi connectivity index (χ1n) is 11.1. The van der Waals surface area contributed by atoms with Crippen LogP contribution >= 0.6 is 12.4 Å². The first-order valence-corrected chi connectivity index (χ1v) is 6.94. The number of hydrogen-bond acceptors (Lipinski definition) is 3. The van der Waals surface area contributed by atoms with Crippen molar-refractivity contribution in [2.45, 2.75) is 43.6 Å². The zero-order chi connectivity index (χ0) is 21.2. The molecule has 1 saturated carbocycles. The second-order valence-electron chi connectivity index (χ2n) is 5.54. The molecule has 0 radical (unpaired) electrons. The van der Waals surface area contributed by atoms with E-state index in [9.17, 15) is 5.11 Å². The summed E-state index contributed by atoms with van der Waals surface area (Å²) in [5.41, 5.74) is -0.527. The lowest BCUT2D eigenvalue weighted by molar-refractivity contribution is -0.0277. The Balaban J connectivity index is 0.00000420. The second-order valence-corrected chi connectivity index (χ2v) is 5.54. The Morgan fingerprint density at radius 2 is 2.00 bits per heavy atom. The van der Waals surface area contributed by atoms with Crippen molar-refractivity contribution in [2.24, 2.45) is 0 Å². The van der Waals surface area contributed by atoms with Gasteiger partial charge in [-0.25, -0.2) is 0 Å². The lowest BCUT2D eigenvalue weighted by Crippen LogP contribution is -2.42. The van der Waals surface area contributed by atoms with Crippen LogP contribution in [0.5, 0.6) is 5.75 Å². The van der Waals surface area contributed by atoms with Crippen molar-refractivity contribution >= 4 is 12.4 Å². The van der Waals surface area contributed by atoms with Crippen molar-refractivity contribution in [2.75, 3.05) is 27.6 Å². The largest absolute Gasteiger partial charge is 0.497 e. The predicted molar refractivity (Wildman–Crippen MR) is 89.6 cm³/mol. The molecule has 1 aromatic carbocycles. The lowest BCUT2D eigenvalue weighted by atomic mass is 9.72. The van der Waals surface area contributed by atoms with E-state index in [0.717, 1.165) is 24.2 Å². The number of nitrogens with zero attached hydrogens (tertiary/aromatic N) is 1. The smallest absolute Gasteiger partial charge is 0.118 e. The summed E-state index contributed by atoms with van der Waals surface area (Å²) in [6, 6.07) is 6.16. The van der Waals surface area contributed by atoms with Crippen molar-refractivity contribution in [3.63, 3.8) is 0 Å². The first-order chi connectivity index (χ1) is 12.8. The lowest BCUT2D eigenvalue weighted by Gasteiger charge is -2.40. The van der Waals surface area contributed by atoms with Crippen LogP contribution in [0.4, 0.5) is 0 Å². The van der Waals surface area contributed by atoms with Gasteiger partial charge in [0.2, 0.25) is 0 Å². The summed E-state index contributed by atoms with van der Waals surface area (Å²) >= 11 is 0. The molecule has 0 heterocycles. The molecule has 0 amide bonds. The monoisotopic (exact) mass is 321 g/mol. The third-order valence-electron chi connectivity index (χ3n) is 4.15. The molecule has 1 aromatic rings. The molecule has 0 saturated heterocycles. The van der Waals surface area contributed by atoms with Gasteiger partial charge in [0.25, 0.3) is 0 Å². The maximum absolute atomic E-state index is 11.3. The van der Waals surface area contributed by atoms with Crippen molar-refractivity contribution < 1.29 is 20.8 Å². The van der Waals surface area contributed by atoms with Gasteiger partial charge in [0.1, 0.15) is 5.75 Å². The van der Waals surface area contributed by atoms with Gasteiger partial charge in [-0.3, -0.25) is 0 Å². The van der Waals surface area contributed by atoms with Gasteiger partial charge in [-0.1, -0.05) is 31.4 Å². The molecular formula is C17H28ClNO2. The quantitative estimate of drug-likeness (QED) is 0.901. The van der Waals surface area contributed by atoms with Crippen LogP contribution in [-0.4, -0.2) is 43.2 Å². The van der Waals surface area contributed by atoms with Gasteiger partial charge in [0.15, 0.2) is 0 Å². The molecule has 1 atom stereocenters. The Morgan fingerprint density at radius 3 is 2.57 bits per heavy atom. The van der Waals surface area contributed by atoms with Gasteiger partial charge in [-0.05, 0) is 44.5 Å². The molecule has 0 bridgehead atoms. The van der Waals surface area contributed by atoms with Crippen molar-refractivity contribution in [1.29, 1.82) is 0 Å². The summed E-state index contributed by atoms with van der Waals surface area (Å²) in [6.45, 7) is -4.52. The highest BCUT2D eigenvalue weighted by molar-refractivity contribution is 5.85. The molecule has 0 spiro atoms. The molecule has 0 aliphatic heterocycles. The van der Waals surface area contributed by atoms with E-state index in [0.29, 0.717) is 18.4 Å². The summed E-state index contributed by atoms with van der Waals surface area (Å²) < 4.78 is 64.5. The number of aliphatic hydroxyl groups is 1. The van der Waals surface area contributed by atoms with E-state index in [2.05, 4.69) is 0 Å². The summed E-state index contributed by atoms with van der Waals surface area (Å²) in [5.74, 6) is -0.488. The minimum Gasteiger partial charge on any atom is -0.497 e. The van der Waals surface area contributed by atoms with Crippen LogP contribution in [0.3, 0.4) is 0 Å². The van der Waals surface area contributed by atoms with E-state index in [1.54, 1.807) is 12.1 Å². The summed E-state index contributed by atoms with van der Waals surface area (Å²) in [6.07, 6.45) is 3.61. The molecule has 4 heteroatoms. The molecule has 1 aliphatic rings. The zero-order valence-corrected chi connectivity index (χ0v) is 12.7. The van der Waals surface area contributed by atoms with Crippen LogP contribution in [0.1, 0.15) is 54.6 Å².